The topological polar surface area (TPSA) is 61.8 Å². The summed E-state index contributed by atoms with van der Waals surface area (Å²) in [7, 11) is 1.77. The summed E-state index contributed by atoms with van der Waals surface area (Å²) in [5, 5.41) is 0. The number of methoxy groups -OCH3 is 1. The zero-order valence-electron chi connectivity index (χ0n) is 20.7. The van der Waals surface area contributed by atoms with E-state index in [0.717, 1.165) is 31.1 Å². The normalized spacial score (nSPS) is 47.6. The Bertz CT molecular complexity index is 1020. The number of hydrogen-bond acceptors (Lipinski definition) is 5. The first-order chi connectivity index (χ1) is 16.3. The highest BCUT2D eigenvalue weighted by molar-refractivity contribution is 6.01. The number of aldehydes is 1. The maximum atomic E-state index is 12.9. The van der Waals surface area contributed by atoms with E-state index >= 15 is 0 Å². The molecule has 0 radical (unpaired) electrons. The molecule has 1 heterocycles. The number of ketones is 1. The Kier molecular flexibility index (Phi) is 5.74. The number of ether oxygens (including phenoxy) is 3. The Hall–Kier alpha value is -2.08. The van der Waals surface area contributed by atoms with Crippen LogP contribution in [-0.4, -0.2) is 43.3 Å². The van der Waals surface area contributed by atoms with E-state index in [1.54, 1.807) is 19.3 Å². The second-order valence-electron chi connectivity index (χ2n) is 11.0. The van der Waals surface area contributed by atoms with Gasteiger partial charge in [0, 0.05) is 29.4 Å². The monoisotopic (exact) mass is 464 g/mol. The van der Waals surface area contributed by atoms with Crippen molar-refractivity contribution in [2.24, 2.45) is 28.6 Å². The third-order valence-electron chi connectivity index (χ3n) is 9.76. The van der Waals surface area contributed by atoms with Crippen molar-refractivity contribution in [2.45, 2.75) is 70.6 Å². The van der Waals surface area contributed by atoms with Crippen molar-refractivity contribution < 1.29 is 23.8 Å². The number of carbonyl (C=O) groups is 2. The van der Waals surface area contributed by atoms with Crippen molar-refractivity contribution in [3.63, 3.8) is 0 Å². The Morgan fingerprint density at radius 1 is 1.32 bits per heavy atom. The molecule has 4 aliphatic carbocycles. The third kappa shape index (κ3) is 3.03. The van der Waals surface area contributed by atoms with Gasteiger partial charge >= 0.3 is 0 Å². The molecule has 5 heteroatoms. The van der Waals surface area contributed by atoms with E-state index in [1.807, 2.05) is 31.2 Å². The molecule has 1 saturated heterocycles. The van der Waals surface area contributed by atoms with Gasteiger partial charge in [-0.05, 0) is 56.6 Å². The predicted molar refractivity (Wildman–Crippen MR) is 130 cm³/mol. The van der Waals surface area contributed by atoms with E-state index in [2.05, 4.69) is 26.5 Å². The lowest BCUT2D eigenvalue weighted by Crippen LogP contribution is -2.61. The summed E-state index contributed by atoms with van der Waals surface area (Å²) in [5.41, 5.74) is 0.405. The molecule has 1 aliphatic heterocycles. The summed E-state index contributed by atoms with van der Waals surface area (Å²) in [6.07, 6.45) is 16.6. The smallest absolute Gasteiger partial charge is 0.185 e. The van der Waals surface area contributed by atoms with E-state index < -0.39 is 17.3 Å². The molecule has 5 nitrogen and oxygen atoms in total. The van der Waals surface area contributed by atoms with Gasteiger partial charge in [0.25, 0.3) is 0 Å². The second-order valence-corrected chi connectivity index (χ2v) is 11.0. The minimum Gasteiger partial charge on any atom is -0.381 e. The first-order valence-corrected chi connectivity index (χ1v) is 12.5. The van der Waals surface area contributed by atoms with Gasteiger partial charge in [0.2, 0.25) is 0 Å². The van der Waals surface area contributed by atoms with Gasteiger partial charge in [0.05, 0.1) is 12.2 Å². The standard InChI is InChI=1S/C29H36O5/c1-6-8-9-18(7-2)26-33-24-15-22-21-11-10-19-14-20(31)12-13-27(19,3)25(21)23(32-5)16-28(22,4)29(24,17-30)34-26/h6-9,12-14,17,21-26H,2,10-11,15-16H2,1,3-5H3/b8-6-,18-9+/t21-,22-,23-,24?,25+,26?,27-,28-,29+/m0/s1. The van der Waals surface area contributed by atoms with Crippen LogP contribution in [-0.2, 0) is 23.8 Å². The molecule has 3 saturated carbocycles. The molecule has 2 unspecified atom stereocenters. The van der Waals surface area contributed by atoms with Gasteiger partial charge in [0.15, 0.2) is 24.0 Å². The van der Waals surface area contributed by atoms with Gasteiger partial charge in [-0.1, -0.05) is 56.4 Å². The molecule has 4 fully saturated rings. The van der Waals surface area contributed by atoms with Crippen LogP contribution >= 0.6 is 0 Å². The second kappa shape index (κ2) is 8.25. The van der Waals surface area contributed by atoms with Gasteiger partial charge in [-0.25, -0.2) is 0 Å². The Labute approximate surface area is 202 Å². The number of carbonyl (C=O) groups excluding carboxylic acids is 2. The molecule has 0 aromatic carbocycles. The number of fused-ring (bicyclic) bond motifs is 7. The SMILES string of the molecule is C=C/C(=C\C=C/C)C1OC2C[C@H]3[C@@H]4CCC5=CC(=O)C=C[C@]5(C)[C@H]4[C@@H](OC)C[C@]3(C)[C@]2(C=O)O1. The highest BCUT2D eigenvalue weighted by Gasteiger charge is 2.74. The van der Waals surface area contributed by atoms with E-state index in [4.69, 9.17) is 14.2 Å². The van der Waals surface area contributed by atoms with Gasteiger partial charge < -0.3 is 14.2 Å². The molecule has 182 valence electrons. The quantitative estimate of drug-likeness (QED) is 0.428. The van der Waals surface area contributed by atoms with Crippen LogP contribution in [0.15, 0.2) is 60.3 Å². The summed E-state index contributed by atoms with van der Waals surface area (Å²) in [5.74, 6) is 0.953. The van der Waals surface area contributed by atoms with Crippen LogP contribution in [0.5, 0.6) is 0 Å². The van der Waals surface area contributed by atoms with Crippen LogP contribution in [0.4, 0.5) is 0 Å². The predicted octanol–water partition coefficient (Wildman–Crippen LogP) is 4.90. The van der Waals surface area contributed by atoms with Crippen LogP contribution < -0.4 is 0 Å². The number of allylic oxidation sites excluding steroid dienone is 7. The summed E-state index contributed by atoms with van der Waals surface area (Å²) in [6.45, 7) is 10.3. The van der Waals surface area contributed by atoms with Crippen LogP contribution in [0.1, 0.15) is 46.5 Å². The molecule has 0 aromatic rings. The fourth-order valence-corrected chi connectivity index (χ4v) is 8.08. The van der Waals surface area contributed by atoms with E-state index in [-0.39, 0.29) is 35.2 Å². The van der Waals surface area contributed by atoms with Crippen molar-refractivity contribution in [2.75, 3.05) is 7.11 Å². The molecule has 0 aromatic heterocycles. The Balaban J connectivity index is 1.53. The summed E-state index contributed by atoms with van der Waals surface area (Å²) in [4.78, 5) is 25.0. The first kappa shape index (κ1) is 23.7. The minimum absolute atomic E-state index is 0.0477. The van der Waals surface area contributed by atoms with Gasteiger partial charge in [0.1, 0.15) is 0 Å². The van der Waals surface area contributed by atoms with Crippen LogP contribution in [0.2, 0.25) is 0 Å². The number of hydrogen-bond donors (Lipinski definition) is 0. The third-order valence-corrected chi connectivity index (χ3v) is 9.76. The molecular weight excluding hydrogens is 428 g/mol. The lowest BCUT2D eigenvalue weighted by Gasteiger charge is -2.60. The molecule has 0 spiro atoms. The van der Waals surface area contributed by atoms with Crippen LogP contribution in [0.25, 0.3) is 0 Å². The van der Waals surface area contributed by atoms with E-state index in [0.29, 0.717) is 12.3 Å². The summed E-state index contributed by atoms with van der Waals surface area (Å²) >= 11 is 0. The summed E-state index contributed by atoms with van der Waals surface area (Å²) in [6, 6.07) is 0. The molecule has 5 aliphatic rings. The fourth-order valence-electron chi connectivity index (χ4n) is 8.08. The number of rotatable bonds is 5. The van der Waals surface area contributed by atoms with E-state index in [9.17, 15) is 9.59 Å². The van der Waals surface area contributed by atoms with Crippen molar-refractivity contribution in [1.29, 1.82) is 0 Å². The lowest BCUT2D eigenvalue weighted by molar-refractivity contribution is -0.189. The van der Waals surface area contributed by atoms with Crippen LogP contribution in [0.3, 0.4) is 0 Å². The molecule has 0 bridgehead atoms. The molecule has 0 amide bonds. The Morgan fingerprint density at radius 2 is 2.12 bits per heavy atom. The average Bonchev–Trinajstić information content (AvgIpc) is 3.31. The molecular formula is C29H36O5. The Morgan fingerprint density at radius 3 is 2.79 bits per heavy atom. The zero-order valence-corrected chi connectivity index (χ0v) is 20.7. The molecule has 9 atom stereocenters. The van der Waals surface area contributed by atoms with Crippen LogP contribution in [0, 0.1) is 28.6 Å². The average molecular weight is 465 g/mol. The van der Waals surface area contributed by atoms with Crippen molar-refractivity contribution in [1.82, 2.24) is 0 Å². The fraction of sp³-hybridized carbons (Fsp3) is 0.586. The van der Waals surface area contributed by atoms with Gasteiger partial charge in [-0.3, -0.25) is 9.59 Å². The van der Waals surface area contributed by atoms with Crippen molar-refractivity contribution in [3.05, 3.63) is 60.3 Å². The highest BCUT2D eigenvalue weighted by atomic mass is 16.7. The zero-order chi connectivity index (χ0) is 24.3. The molecule has 5 rings (SSSR count). The molecule has 0 N–H and O–H groups in total. The minimum atomic E-state index is -1.02. The lowest BCUT2D eigenvalue weighted by atomic mass is 9.46. The first-order valence-electron chi connectivity index (χ1n) is 12.5. The van der Waals surface area contributed by atoms with Gasteiger partial charge in [-0.2, -0.15) is 0 Å². The van der Waals surface area contributed by atoms with Crippen molar-refractivity contribution in [3.8, 4) is 0 Å². The highest BCUT2D eigenvalue weighted by Crippen LogP contribution is 2.69. The summed E-state index contributed by atoms with van der Waals surface area (Å²) < 4.78 is 19.2. The van der Waals surface area contributed by atoms with Gasteiger partial charge in [-0.15, -0.1) is 0 Å². The van der Waals surface area contributed by atoms with E-state index in [1.165, 1.54) is 5.57 Å². The molecule has 34 heavy (non-hydrogen) atoms. The van der Waals surface area contributed by atoms with Crippen molar-refractivity contribution >= 4 is 12.1 Å². The maximum absolute atomic E-state index is 12.9. The maximum Gasteiger partial charge on any atom is 0.185 e. The largest absolute Gasteiger partial charge is 0.381 e.